The van der Waals surface area contributed by atoms with Gasteiger partial charge in [0.1, 0.15) is 0 Å². The molecule has 0 spiro atoms. The molecular formula is C15H18BNO4. The Hall–Kier alpha value is -2.08. The maximum absolute atomic E-state index is 11.5. The Morgan fingerprint density at radius 1 is 1.14 bits per heavy atom. The number of rotatable bonds is 4. The molecule has 1 aliphatic rings. The van der Waals surface area contributed by atoms with E-state index in [1.807, 2.05) is 24.3 Å². The van der Waals surface area contributed by atoms with Gasteiger partial charge in [0, 0.05) is 0 Å². The summed E-state index contributed by atoms with van der Waals surface area (Å²) in [5.74, 6) is 0.815. The van der Waals surface area contributed by atoms with Gasteiger partial charge in [0.25, 0.3) is 0 Å². The van der Waals surface area contributed by atoms with Crippen LogP contribution >= 0.6 is 0 Å². The predicted octanol–water partition coefficient (Wildman–Crippen LogP) is 1.23. The molecule has 6 heteroatoms. The van der Waals surface area contributed by atoms with Crippen LogP contribution in [0.1, 0.15) is 12.0 Å². The third kappa shape index (κ3) is 5.43. The first-order chi connectivity index (χ1) is 10.1. The van der Waals surface area contributed by atoms with Crippen LogP contribution in [0.5, 0.6) is 0 Å². The fraction of sp³-hybridized carbons (Fsp3) is 0.333. The van der Waals surface area contributed by atoms with E-state index in [1.54, 1.807) is 17.9 Å². The Labute approximate surface area is 124 Å². The molecule has 0 amide bonds. The first kappa shape index (κ1) is 15.3. The number of likely N-dealkylation sites (N-methyl/N-ethyl adjacent to an activating group) is 1. The second-order valence-corrected chi connectivity index (χ2v) is 4.97. The lowest BCUT2D eigenvalue weighted by Crippen LogP contribution is -2.41. The maximum Gasteiger partial charge on any atom is 0.628 e. The highest BCUT2D eigenvalue weighted by atomic mass is 16.6. The summed E-state index contributed by atoms with van der Waals surface area (Å²) in [7, 11) is 0.743. The van der Waals surface area contributed by atoms with Gasteiger partial charge in [-0.3, -0.25) is 14.5 Å². The largest absolute Gasteiger partial charge is 0.628 e. The van der Waals surface area contributed by atoms with Gasteiger partial charge in [-0.15, -0.1) is 0 Å². The smallest absolute Gasteiger partial charge is 0.495 e. The summed E-state index contributed by atoms with van der Waals surface area (Å²) in [6, 6.07) is 10.1. The minimum absolute atomic E-state index is 0.0868. The second-order valence-electron chi connectivity index (χ2n) is 4.97. The highest BCUT2D eigenvalue weighted by Gasteiger charge is 2.28. The van der Waals surface area contributed by atoms with Gasteiger partial charge in [-0.05, 0) is 31.4 Å². The summed E-state index contributed by atoms with van der Waals surface area (Å²) in [5, 5.41) is 0. The van der Waals surface area contributed by atoms with E-state index < -0.39 is 19.1 Å². The summed E-state index contributed by atoms with van der Waals surface area (Å²) in [6.45, 7) is 0.174. The molecule has 21 heavy (non-hydrogen) atoms. The molecule has 1 aromatic carbocycles. The second kappa shape index (κ2) is 7.64. The summed E-state index contributed by atoms with van der Waals surface area (Å²) < 4.78 is 10.1. The van der Waals surface area contributed by atoms with Crippen LogP contribution in [0.25, 0.3) is 0 Å². The van der Waals surface area contributed by atoms with E-state index in [0.29, 0.717) is 0 Å². The quantitative estimate of drug-likeness (QED) is 0.780. The van der Waals surface area contributed by atoms with Crippen LogP contribution in [0.2, 0.25) is 0 Å². The molecular weight excluding hydrogens is 269 g/mol. The van der Waals surface area contributed by atoms with E-state index >= 15 is 0 Å². The average Bonchev–Trinajstić information content (AvgIpc) is 2.42. The summed E-state index contributed by atoms with van der Waals surface area (Å²) in [4.78, 5) is 24.6. The van der Waals surface area contributed by atoms with Crippen molar-refractivity contribution in [3.8, 4) is 0 Å². The Bertz CT molecular complexity index is 498. The van der Waals surface area contributed by atoms with E-state index in [1.165, 1.54) is 5.56 Å². The van der Waals surface area contributed by atoms with E-state index in [9.17, 15) is 9.59 Å². The summed E-state index contributed by atoms with van der Waals surface area (Å²) in [5.41, 5.74) is 1.23. The van der Waals surface area contributed by atoms with Gasteiger partial charge in [0.15, 0.2) is 0 Å². The van der Waals surface area contributed by atoms with E-state index in [4.69, 9.17) is 9.31 Å². The van der Waals surface area contributed by atoms with Gasteiger partial charge >= 0.3 is 19.1 Å². The van der Waals surface area contributed by atoms with Crippen LogP contribution in [0.3, 0.4) is 0 Å². The standard InChI is InChI=1S/C15H18BNO4/c1-17-11-14(18)20-16(21-15(19)12-17)10-6-5-9-13-7-3-2-4-8-13/h2-4,6-8,10H,5,9,11-12H2,1H3/b10-6+. The Kier molecular flexibility index (Phi) is 5.57. The molecule has 1 aromatic rings. The predicted molar refractivity (Wildman–Crippen MR) is 79.3 cm³/mol. The number of aryl methyl sites for hydroxylation is 1. The third-order valence-electron chi connectivity index (χ3n) is 3.03. The lowest BCUT2D eigenvalue weighted by atomic mass is 9.88. The molecule has 0 aromatic heterocycles. The van der Waals surface area contributed by atoms with Gasteiger partial charge in [-0.2, -0.15) is 0 Å². The molecule has 0 saturated carbocycles. The average molecular weight is 287 g/mol. The molecule has 1 aliphatic heterocycles. The lowest BCUT2D eigenvalue weighted by molar-refractivity contribution is -0.145. The van der Waals surface area contributed by atoms with Crippen molar-refractivity contribution in [2.45, 2.75) is 12.8 Å². The van der Waals surface area contributed by atoms with E-state index in [-0.39, 0.29) is 13.1 Å². The van der Waals surface area contributed by atoms with Crippen LogP contribution in [-0.2, 0) is 25.3 Å². The maximum atomic E-state index is 11.5. The Morgan fingerprint density at radius 3 is 2.38 bits per heavy atom. The van der Waals surface area contributed by atoms with Crippen LogP contribution < -0.4 is 0 Å². The molecule has 1 heterocycles. The topological polar surface area (TPSA) is 55.8 Å². The molecule has 2 rings (SSSR count). The fourth-order valence-electron chi connectivity index (χ4n) is 2.03. The molecule has 0 unspecified atom stereocenters. The van der Waals surface area contributed by atoms with E-state index in [0.717, 1.165) is 12.8 Å². The monoisotopic (exact) mass is 287 g/mol. The first-order valence-electron chi connectivity index (χ1n) is 6.91. The van der Waals surface area contributed by atoms with Gasteiger partial charge in [0.2, 0.25) is 0 Å². The van der Waals surface area contributed by atoms with Gasteiger partial charge in [0.05, 0.1) is 13.1 Å². The highest BCUT2D eigenvalue weighted by molar-refractivity contribution is 6.54. The zero-order chi connectivity index (χ0) is 15.1. The van der Waals surface area contributed by atoms with Crippen molar-refractivity contribution in [1.29, 1.82) is 0 Å². The van der Waals surface area contributed by atoms with Crippen LogP contribution in [0, 0.1) is 0 Å². The number of hydrogen-bond donors (Lipinski definition) is 0. The van der Waals surface area contributed by atoms with Gasteiger partial charge < -0.3 is 9.31 Å². The molecule has 0 aliphatic carbocycles. The van der Waals surface area contributed by atoms with Gasteiger partial charge in [-0.1, -0.05) is 36.4 Å². The van der Waals surface area contributed by atoms with Crippen molar-refractivity contribution in [3.05, 3.63) is 47.9 Å². The van der Waals surface area contributed by atoms with Crippen LogP contribution in [0.4, 0.5) is 0 Å². The molecule has 1 saturated heterocycles. The van der Waals surface area contributed by atoms with Gasteiger partial charge in [-0.25, -0.2) is 0 Å². The Balaban J connectivity index is 1.84. The van der Waals surface area contributed by atoms with E-state index in [2.05, 4.69) is 12.1 Å². The van der Waals surface area contributed by atoms with Crippen LogP contribution in [-0.4, -0.2) is 44.1 Å². The van der Waals surface area contributed by atoms with Crippen molar-refractivity contribution in [2.24, 2.45) is 0 Å². The van der Waals surface area contributed by atoms with Crippen molar-refractivity contribution in [1.82, 2.24) is 4.90 Å². The van der Waals surface area contributed by atoms with Crippen molar-refractivity contribution in [3.63, 3.8) is 0 Å². The molecule has 1 fully saturated rings. The number of nitrogens with zero attached hydrogens (tertiary/aromatic N) is 1. The zero-order valence-corrected chi connectivity index (χ0v) is 12.0. The van der Waals surface area contributed by atoms with Crippen LogP contribution in [0.15, 0.2) is 42.4 Å². The number of carbonyl (C=O) groups is 2. The third-order valence-corrected chi connectivity index (χ3v) is 3.03. The lowest BCUT2D eigenvalue weighted by Gasteiger charge is -2.21. The minimum atomic E-state index is -0.922. The number of carbonyl (C=O) groups excluding carboxylic acids is 2. The van der Waals surface area contributed by atoms with Crippen molar-refractivity contribution >= 4 is 19.1 Å². The highest BCUT2D eigenvalue weighted by Crippen LogP contribution is 2.05. The number of allylic oxidation sites excluding steroid dienone is 1. The Morgan fingerprint density at radius 2 is 1.76 bits per heavy atom. The summed E-state index contributed by atoms with van der Waals surface area (Å²) >= 11 is 0. The molecule has 0 N–H and O–H groups in total. The summed E-state index contributed by atoms with van der Waals surface area (Å²) in [6.07, 6.45) is 3.54. The molecule has 0 radical (unpaired) electrons. The number of benzene rings is 1. The number of hydrogen-bond acceptors (Lipinski definition) is 5. The molecule has 0 bridgehead atoms. The fourth-order valence-corrected chi connectivity index (χ4v) is 2.03. The molecule has 5 nitrogen and oxygen atoms in total. The first-order valence-corrected chi connectivity index (χ1v) is 6.91. The molecule has 110 valence electrons. The minimum Gasteiger partial charge on any atom is -0.495 e. The normalized spacial score (nSPS) is 17.3. The van der Waals surface area contributed by atoms with Crippen molar-refractivity contribution in [2.75, 3.05) is 20.1 Å². The SMILES string of the molecule is CN1CC(=O)OB(/C=C/CCc2ccccc2)OC(=O)C1. The zero-order valence-electron chi connectivity index (χ0n) is 12.0. The van der Waals surface area contributed by atoms with Crippen molar-refractivity contribution < 1.29 is 18.9 Å². The molecule has 0 atom stereocenters.